The first-order valence-corrected chi connectivity index (χ1v) is 10.7. The van der Waals surface area contributed by atoms with E-state index in [1.54, 1.807) is 0 Å². The highest BCUT2D eigenvalue weighted by atomic mass is 127. The maximum Gasteiger partial charge on any atom is 0.310 e. The number of likely N-dealkylation sites (tertiary alicyclic amines) is 1. The maximum absolute atomic E-state index is 12.1. The van der Waals surface area contributed by atoms with Crippen molar-refractivity contribution in [2.75, 3.05) is 72.6 Å². The fourth-order valence-electron chi connectivity index (χ4n) is 3.75. The van der Waals surface area contributed by atoms with Gasteiger partial charge in [0.1, 0.15) is 0 Å². The largest absolute Gasteiger partial charge is 0.466 e. The summed E-state index contributed by atoms with van der Waals surface area (Å²) in [6, 6.07) is 0. The first kappa shape index (κ1) is 25.4. The number of carbonyl (C=O) groups excluding carboxylic acids is 1. The van der Waals surface area contributed by atoms with E-state index in [4.69, 9.17) is 9.73 Å². The van der Waals surface area contributed by atoms with Crippen LogP contribution in [0.3, 0.4) is 0 Å². The molecule has 0 saturated carbocycles. The summed E-state index contributed by atoms with van der Waals surface area (Å²) in [6.45, 7) is 13.7. The molecule has 7 nitrogen and oxygen atoms in total. The molecule has 8 heteroatoms. The quantitative estimate of drug-likeness (QED) is 0.177. The van der Waals surface area contributed by atoms with Crippen LogP contribution in [-0.2, 0) is 9.53 Å². The number of rotatable bonds is 8. The third-order valence-corrected chi connectivity index (χ3v) is 5.42. The number of piperazine rings is 1. The van der Waals surface area contributed by atoms with Crippen LogP contribution in [0.5, 0.6) is 0 Å². The number of unbranched alkanes of at least 4 members (excludes halogenated alkanes) is 1. The predicted molar refractivity (Wildman–Crippen MR) is 125 cm³/mol. The van der Waals surface area contributed by atoms with Crippen LogP contribution in [0, 0.1) is 5.92 Å². The second kappa shape index (κ2) is 14.4. The summed E-state index contributed by atoms with van der Waals surface area (Å²) in [4.78, 5) is 24.1. The van der Waals surface area contributed by atoms with E-state index in [9.17, 15) is 4.79 Å². The van der Waals surface area contributed by atoms with Gasteiger partial charge in [0.2, 0.25) is 0 Å². The third-order valence-electron chi connectivity index (χ3n) is 5.42. The average molecular weight is 509 g/mol. The van der Waals surface area contributed by atoms with Gasteiger partial charge in [0.05, 0.1) is 12.5 Å². The molecule has 2 aliphatic heterocycles. The normalized spacial score (nSPS) is 21.9. The zero-order valence-electron chi connectivity index (χ0n) is 18.0. The summed E-state index contributed by atoms with van der Waals surface area (Å²) in [5, 5.41) is 3.40. The molecule has 2 rings (SSSR count). The van der Waals surface area contributed by atoms with E-state index in [1.165, 1.54) is 39.1 Å². The van der Waals surface area contributed by atoms with Gasteiger partial charge in [-0.05, 0) is 53.1 Å². The number of likely N-dealkylation sites (N-methyl/N-ethyl adjacent to an activating group) is 1. The number of piperidine rings is 1. The predicted octanol–water partition coefficient (Wildman–Crippen LogP) is 1.87. The Morgan fingerprint density at radius 1 is 1.14 bits per heavy atom. The third kappa shape index (κ3) is 8.82. The van der Waals surface area contributed by atoms with Gasteiger partial charge in [-0.25, -0.2) is 0 Å². The molecule has 0 amide bonds. The molecule has 0 spiro atoms. The molecule has 0 radical (unpaired) electrons. The highest BCUT2D eigenvalue weighted by Gasteiger charge is 2.28. The van der Waals surface area contributed by atoms with E-state index in [-0.39, 0.29) is 35.9 Å². The number of aliphatic imine (C=N–C) groups is 1. The molecule has 1 atom stereocenters. The van der Waals surface area contributed by atoms with Crippen LogP contribution in [0.1, 0.15) is 39.5 Å². The van der Waals surface area contributed by atoms with Crippen molar-refractivity contribution in [2.24, 2.45) is 10.9 Å². The van der Waals surface area contributed by atoms with Gasteiger partial charge < -0.3 is 24.8 Å². The van der Waals surface area contributed by atoms with Gasteiger partial charge in [0.15, 0.2) is 5.96 Å². The van der Waals surface area contributed by atoms with Gasteiger partial charge >= 0.3 is 5.97 Å². The minimum Gasteiger partial charge on any atom is -0.466 e. The molecule has 28 heavy (non-hydrogen) atoms. The van der Waals surface area contributed by atoms with Crippen LogP contribution in [0.15, 0.2) is 4.99 Å². The van der Waals surface area contributed by atoms with Crippen molar-refractivity contribution in [2.45, 2.75) is 39.5 Å². The Bertz CT molecular complexity index is 470. The van der Waals surface area contributed by atoms with E-state index < -0.39 is 0 Å². The SMILES string of the molecule is CCNC(=NCCCCN1CCN(C)CC1)N1CCCC(C(=O)OCC)C1.I. The van der Waals surface area contributed by atoms with Crippen LogP contribution >= 0.6 is 24.0 Å². The van der Waals surface area contributed by atoms with Crippen molar-refractivity contribution in [1.82, 2.24) is 20.0 Å². The van der Waals surface area contributed by atoms with Crippen LogP contribution < -0.4 is 5.32 Å². The number of halogens is 1. The van der Waals surface area contributed by atoms with Gasteiger partial charge in [-0.15, -0.1) is 24.0 Å². The number of nitrogens with zero attached hydrogens (tertiary/aromatic N) is 4. The molecular weight excluding hydrogens is 469 g/mol. The molecule has 2 fully saturated rings. The Balaban J connectivity index is 0.00000392. The number of hydrogen-bond donors (Lipinski definition) is 1. The van der Waals surface area contributed by atoms with Crippen molar-refractivity contribution in [1.29, 1.82) is 0 Å². The zero-order valence-corrected chi connectivity index (χ0v) is 20.3. The highest BCUT2D eigenvalue weighted by Crippen LogP contribution is 2.18. The summed E-state index contributed by atoms with van der Waals surface area (Å²) < 4.78 is 5.21. The lowest BCUT2D eigenvalue weighted by Crippen LogP contribution is -2.48. The van der Waals surface area contributed by atoms with Crippen molar-refractivity contribution in [3.8, 4) is 0 Å². The number of hydrogen-bond acceptors (Lipinski definition) is 5. The topological polar surface area (TPSA) is 60.4 Å². The van der Waals surface area contributed by atoms with E-state index in [0.29, 0.717) is 13.2 Å². The van der Waals surface area contributed by atoms with Gasteiger partial charge in [0.25, 0.3) is 0 Å². The lowest BCUT2D eigenvalue weighted by molar-refractivity contribution is -0.149. The Labute approximate surface area is 188 Å². The molecule has 2 heterocycles. The Morgan fingerprint density at radius 3 is 2.57 bits per heavy atom. The Morgan fingerprint density at radius 2 is 1.89 bits per heavy atom. The lowest BCUT2D eigenvalue weighted by atomic mass is 9.98. The Kier molecular flexibility index (Phi) is 13.1. The van der Waals surface area contributed by atoms with Crippen molar-refractivity contribution >= 4 is 35.9 Å². The van der Waals surface area contributed by atoms with E-state index >= 15 is 0 Å². The summed E-state index contributed by atoms with van der Waals surface area (Å²) in [5.41, 5.74) is 0. The second-order valence-electron chi connectivity index (χ2n) is 7.62. The van der Waals surface area contributed by atoms with Gasteiger partial charge in [-0.2, -0.15) is 0 Å². The second-order valence-corrected chi connectivity index (χ2v) is 7.62. The molecule has 0 aromatic carbocycles. The molecular formula is C20H40IN5O2. The molecule has 1 unspecified atom stereocenters. The summed E-state index contributed by atoms with van der Waals surface area (Å²) >= 11 is 0. The number of guanidine groups is 1. The number of ether oxygens (including phenoxy) is 1. The van der Waals surface area contributed by atoms with Crippen LogP contribution in [0.4, 0.5) is 0 Å². The summed E-state index contributed by atoms with van der Waals surface area (Å²) in [5.74, 6) is 0.858. The van der Waals surface area contributed by atoms with Crippen molar-refractivity contribution in [3.05, 3.63) is 0 Å². The van der Waals surface area contributed by atoms with Crippen LogP contribution in [0.2, 0.25) is 0 Å². The first-order chi connectivity index (χ1) is 13.1. The van der Waals surface area contributed by atoms with Gasteiger partial charge in [-0.3, -0.25) is 9.79 Å². The van der Waals surface area contributed by atoms with E-state index in [1.807, 2.05) is 6.92 Å². The minimum absolute atomic E-state index is 0. The molecule has 2 saturated heterocycles. The number of carbonyl (C=O) groups is 1. The van der Waals surface area contributed by atoms with Gasteiger partial charge in [0, 0.05) is 52.4 Å². The average Bonchev–Trinajstić information content (AvgIpc) is 2.68. The van der Waals surface area contributed by atoms with Crippen LogP contribution in [-0.4, -0.2) is 99.2 Å². The molecule has 0 aromatic rings. The summed E-state index contributed by atoms with van der Waals surface area (Å²) in [6.07, 6.45) is 4.23. The minimum atomic E-state index is -0.0646. The molecule has 0 aliphatic carbocycles. The Hall–Kier alpha value is -0.610. The fourth-order valence-corrected chi connectivity index (χ4v) is 3.75. The fraction of sp³-hybridized carbons (Fsp3) is 0.900. The van der Waals surface area contributed by atoms with Gasteiger partial charge in [-0.1, -0.05) is 0 Å². The number of nitrogens with one attached hydrogen (secondary N) is 1. The van der Waals surface area contributed by atoms with Crippen LogP contribution in [0.25, 0.3) is 0 Å². The van der Waals surface area contributed by atoms with Crippen molar-refractivity contribution in [3.63, 3.8) is 0 Å². The molecule has 2 aliphatic rings. The summed E-state index contributed by atoms with van der Waals surface area (Å²) in [7, 11) is 2.20. The molecule has 0 aromatic heterocycles. The first-order valence-electron chi connectivity index (χ1n) is 10.7. The number of esters is 1. The smallest absolute Gasteiger partial charge is 0.310 e. The molecule has 1 N–H and O–H groups in total. The molecule has 0 bridgehead atoms. The maximum atomic E-state index is 12.1. The highest BCUT2D eigenvalue weighted by molar-refractivity contribution is 14.0. The van der Waals surface area contributed by atoms with Crippen molar-refractivity contribution < 1.29 is 9.53 Å². The lowest BCUT2D eigenvalue weighted by Gasteiger charge is -2.34. The molecule has 164 valence electrons. The monoisotopic (exact) mass is 509 g/mol. The van der Waals surface area contributed by atoms with E-state index in [0.717, 1.165) is 44.9 Å². The van der Waals surface area contributed by atoms with E-state index in [2.05, 4.69) is 34.0 Å². The zero-order chi connectivity index (χ0) is 19.5. The standard InChI is InChI=1S/C20H39N5O2.HI/c1-4-21-20(25-12-8-9-18(17-25)19(26)27-5-2)22-10-6-7-11-24-15-13-23(3)14-16-24;/h18H,4-17H2,1-3H3,(H,21,22);1H.